The summed E-state index contributed by atoms with van der Waals surface area (Å²) in [7, 11) is 0. The van der Waals surface area contributed by atoms with Gasteiger partial charge in [0.2, 0.25) is 11.8 Å². The molecule has 0 atom stereocenters. The lowest BCUT2D eigenvalue weighted by Crippen LogP contribution is -2.66. The molecular weight excluding hydrogens is 256 g/mol. The van der Waals surface area contributed by atoms with E-state index in [1.807, 2.05) is 31.6 Å². The lowest BCUT2D eigenvalue weighted by atomic mass is 9.87. The van der Waals surface area contributed by atoms with Gasteiger partial charge in [-0.2, -0.15) is 5.10 Å². The van der Waals surface area contributed by atoms with E-state index in [2.05, 4.69) is 10.4 Å². The first-order chi connectivity index (χ1) is 9.57. The van der Waals surface area contributed by atoms with E-state index in [1.165, 1.54) is 0 Å². The number of hydrogen-bond acceptors (Lipinski definition) is 3. The van der Waals surface area contributed by atoms with Crippen LogP contribution in [0.15, 0.2) is 12.4 Å². The molecule has 6 nitrogen and oxygen atoms in total. The molecule has 1 aromatic rings. The Kier molecular flexibility index (Phi) is 4.11. The SMILES string of the molecule is CCn1cc(CN2C(=O)CNC(=O)C2(CC)CC)cn1. The zero-order chi connectivity index (χ0) is 14.8. The second-order valence-corrected chi connectivity index (χ2v) is 5.11. The van der Waals surface area contributed by atoms with Crippen molar-refractivity contribution in [1.82, 2.24) is 20.0 Å². The lowest BCUT2D eigenvalue weighted by molar-refractivity contribution is -0.155. The van der Waals surface area contributed by atoms with Crippen molar-refractivity contribution in [3.8, 4) is 0 Å². The highest BCUT2D eigenvalue weighted by Gasteiger charge is 2.46. The number of nitrogens with one attached hydrogen (secondary N) is 1. The first-order valence-corrected chi connectivity index (χ1v) is 7.17. The Bertz CT molecular complexity index is 505. The minimum absolute atomic E-state index is 0.0300. The Balaban J connectivity index is 2.28. The van der Waals surface area contributed by atoms with Crippen LogP contribution in [0.3, 0.4) is 0 Å². The first-order valence-electron chi connectivity index (χ1n) is 7.17. The Labute approximate surface area is 119 Å². The van der Waals surface area contributed by atoms with E-state index in [-0.39, 0.29) is 18.4 Å². The van der Waals surface area contributed by atoms with Crippen molar-refractivity contribution in [3.05, 3.63) is 18.0 Å². The molecule has 2 rings (SSSR count). The summed E-state index contributed by atoms with van der Waals surface area (Å²) < 4.78 is 1.82. The van der Waals surface area contributed by atoms with Gasteiger partial charge in [0.15, 0.2) is 0 Å². The van der Waals surface area contributed by atoms with E-state index in [1.54, 1.807) is 11.1 Å². The molecular formula is C14H22N4O2. The molecule has 1 N–H and O–H groups in total. The highest BCUT2D eigenvalue weighted by molar-refractivity contribution is 5.97. The standard InChI is InChI=1S/C14H22N4O2/c1-4-14(5-2)13(20)15-8-12(19)18(14)10-11-7-16-17(6-3)9-11/h7,9H,4-6,8,10H2,1-3H3,(H,15,20). The summed E-state index contributed by atoms with van der Waals surface area (Å²) in [5.41, 5.74) is 0.227. The van der Waals surface area contributed by atoms with Crippen molar-refractivity contribution in [1.29, 1.82) is 0 Å². The van der Waals surface area contributed by atoms with Gasteiger partial charge in [0.05, 0.1) is 12.7 Å². The van der Waals surface area contributed by atoms with Gasteiger partial charge in [-0.3, -0.25) is 14.3 Å². The quantitative estimate of drug-likeness (QED) is 0.871. The van der Waals surface area contributed by atoms with Crippen LogP contribution in [-0.2, 0) is 22.7 Å². The zero-order valence-corrected chi connectivity index (χ0v) is 12.3. The molecule has 0 aliphatic carbocycles. The molecule has 0 spiro atoms. The Hall–Kier alpha value is -1.85. The van der Waals surface area contributed by atoms with Crippen LogP contribution in [-0.4, -0.2) is 38.6 Å². The normalized spacial score (nSPS) is 18.2. The van der Waals surface area contributed by atoms with Crippen LogP contribution in [0.2, 0.25) is 0 Å². The highest BCUT2D eigenvalue weighted by Crippen LogP contribution is 2.28. The number of piperazine rings is 1. The molecule has 6 heteroatoms. The summed E-state index contributed by atoms with van der Waals surface area (Å²) in [5, 5.41) is 6.93. The minimum atomic E-state index is -0.732. The van der Waals surface area contributed by atoms with Crippen molar-refractivity contribution >= 4 is 11.8 Å². The third-order valence-corrected chi connectivity index (χ3v) is 4.16. The van der Waals surface area contributed by atoms with Crippen molar-refractivity contribution in [2.45, 2.75) is 52.2 Å². The summed E-state index contributed by atoms with van der Waals surface area (Å²) >= 11 is 0. The van der Waals surface area contributed by atoms with Crippen LogP contribution in [0.4, 0.5) is 0 Å². The number of rotatable bonds is 5. The molecule has 1 aliphatic heterocycles. The first kappa shape index (κ1) is 14.6. The Morgan fingerprint density at radius 3 is 2.55 bits per heavy atom. The maximum Gasteiger partial charge on any atom is 0.246 e. The monoisotopic (exact) mass is 278 g/mol. The van der Waals surface area contributed by atoms with Gasteiger partial charge >= 0.3 is 0 Å². The van der Waals surface area contributed by atoms with Gasteiger partial charge in [-0.1, -0.05) is 13.8 Å². The maximum absolute atomic E-state index is 12.3. The third kappa shape index (κ3) is 2.30. The average Bonchev–Trinajstić information content (AvgIpc) is 2.92. The van der Waals surface area contributed by atoms with Crippen molar-refractivity contribution < 1.29 is 9.59 Å². The molecule has 1 saturated heterocycles. The van der Waals surface area contributed by atoms with Gasteiger partial charge in [-0.05, 0) is 19.8 Å². The van der Waals surface area contributed by atoms with E-state index in [9.17, 15) is 9.59 Å². The molecule has 0 unspecified atom stereocenters. The van der Waals surface area contributed by atoms with Gasteiger partial charge < -0.3 is 10.2 Å². The fraction of sp³-hybridized carbons (Fsp3) is 0.643. The number of carbonyl (C=O) groups is 2. The molecule has 1 fully saturated rings. The van der Waals surface area contributed by atoms with Gasteiger partial charge in [-0.15, -0.1) is 0 Å². The fourth-order valence-corrected chi connectivity index (χ4v) is 2.81. The summed E-state index contributed by atoms with van der Waals surface area (Å²) in [6, 6.07) is 0. The lowest BCUT2D eigenvalue weighted by Gasteiger charge is -2.44. The van der Waals surface area contributed by atoms with Gasteiger partial charge in [0, 0.05) is 24.8 Å². The molecule has 1 aliphatic rings. The summed E-state index contributed by atoms with van der Waals surface area (Å²) in [6.07, 6.45) is 4.92. The molecule has 20 heavy (non-hydrogen) atoms. The topological polar surface area (TPSA) is 67.2 Å². The Morgan fingerprint density at radius 2 is 2.00 bits per heavy atom. The van der Waals surface area contributed by atoms with Crippen LogP contribution < -0.4 is 5.32 Å². The van der Waals surface area contributed by atoms with E-state index in [0.717, 1.165) is 12.1 Å². The van der Waals surface area contributed by atoms with Crippen molar-refractivity contribution in [2.24, 2.45) is 0 Å². The predicted octanol–water partition coefficient (Wildman–Crippen LogP) is 0.920. The predicted molar refractivity (Wildman–Crippen MR) is 74.8 cm³/mol. The Morgan fingerprint density at radius 1 is 1.30 bits per heavy atom. The number of nitrogens with zero attached hydrogens (tertiary/aromatic N) is 3. The molecule has 0 radical (unpaired) electrons. The second-order valence-electron chi connectivity index (χ2n) is 5.11. The molecule has 0 bridgehead atoms. The smallest absolute Gasteiger partial charge is 0.246 e. The minimum Gasteiger partial charge on any atom is -0.345 e. The van der Waals surface area contributed by atoms with Crippen molar-refractivity contribution in [3.63, 3.8) is 0 Å². The number of hydrogen-bond donors (Lipinski definition) is 1. The van der Waals surface area contributed by atoms with Crippen LogP contribution in [0.1, 0.15) is 39.2 Å². The zero-order valence-electron chi connectivity index (χ0n) is 12.3. The van der Waals surface area contributed by atoms with Crippen LogP contribution in [0.5, 0.6) is 0 Å². The largest absolute Gasteiger partial charge is 0.345 e. The molecule has 0 aromatic carbocycles. The molecule has 2 heterocycles. The van der Waals surface area contributed by atoms with E-state index in [0.29, 0.717) is 19.4 Å². The van der Waals surface area contributed by atoms with Crippen LogP contribution in [0, 0.1) is 0 Å². The summed E-state index contributed by atoms with van der Waals surface area (Å²) in [6.45, 7) is 7.23. The van der Waals surface area contributed by atoms with E-state index < -0.39 is 5.54 Å². The van der Waals surface area contributed by atoms with E-state index in [4.69, 9.17) is 0 Å². The highest BCUT2D eigenvalue weighted by atomic mass is 16.2. The number of carbonyl (C=O) groups excluding carboxylic acids is 2. The average molecular weight is 278 g/mol. The molecule has 0 saturated carbocycles. The van der Waals surface area contributed by atoms with Crippen LogP contribution in [0.25, 0.3) is 0 Å². The third-order valence-electron chi connectivity index (χ3n) is 4.16. The van der Waals surface area contributed by atoms with Gasteiger partial charge in [0.25, 0.3) is 0 Å². The van der Waals surface area contributed by atoms with Gasteiger partial charge in [0.1, 0.15) is 5.54 Å². The molecule has 2 amide bonds. The summed E-state index contributed by atoms with van der Waals surface area (Å²) in [4.78, 5) is 26.2. The van der Waals surface area contributed by atoms with E-state index >= 15 is 0 Å². The molecule has 1 aromatic heterocycles. The number of amides is 2. The fourth-order valence-electron chi connectivity index (χ4n) is 2.81. The number of aryl methyl sites for hydroxylation is 1. The van der Waals surface area contributed by atoms with Gasteiger partial charge in [-0.25, -0.2) is 0 Å². The maximum atomic E-state index is 12.3. The second kappa shape index (κ2) is 5.64. The summed E-state index contributed by atoms with van der Waals surface area (Å²) in [5.74, 6) is -0.0810. The molecule has 110 valence electrons. The van der Waals surface area contributed by atoms with Crippen molar-refractivity contribution in [2.75, 3.05) is 6.54 Å². The number of aromatic nitrogens is 2. The van der Waals surface area contributed by atoms with Crippen LogP contribution >= 0.6 is 0 Å².